The van der Waals surface area contributed by atoms with E-state index in [4.69, 9.17) is 21.5 Å². The predicted octanol–water partition coefficient (Wildman–Crippen LogP) is 6.40. The molecule has 0 aliphatic rings. The van der Waals surface area contributed by atoms with E-state index in [1.54, 1.807) is 24.3 Å². The summed E-state index contributed by atoms with van der Waals surface area (Å²) in [6.07, 6.45) is 0. The topological polar surface area (TPSA) is 82.2 Å². The molecule has 0 spiro atoms. The van der Waals surface area contributed by atoms with Gasteiger partial charge in [0.1, 0.15) is 11.5 Å². The maximum atomic E-state index is 9.85. The second-order valence-electron chi connectivity index (χ2n) is 8.83. The van der Waals surface area contributed by atoms with Gasteiger partial charge in [0.2, 0.25) is 0 Å². The molecule has 2 N–H and O–H groups in total. The molecule has 0 saturated carbocycles. The van der Waals surface area contributed by atoms with Gasteiger partial charge in [-0.1, -0.05) is 24.3 Å². The number of aliphatic imine (C=N–C) groups is 2. The Morgan fingerprint density at radius 3 is 1.50 bits per heavy atom. The van der Waals surface area contributed by atoms with E-state index in [0.717, 1.165) is 47.1 Å². The van der Waals surface area contributed by atoms with E-state index in [9.17, 15) is 10.2 Å². The molecule has 4 aromatic carbocycles. The Labute approximate surface area is 257 Å². The third-order valence-electron chi connectivity index (χ3n) is 5.87. The van der Waals surface area contributed by atoms with Crippen LogP contribution in [0.4, 0.5) is 0 Å². The van der Waals surface area contributed by atoms with E-state index in [0.29, 0.717) is 6.54 Å². The SMILES string of the molecule is CC(=NCC(C)N=C(C)c1ccccc1O)c1ccccc1O.[Cl][Sn]([Cl])([c]1ccccc1)[c]1ccccc1.[O]=[V]. The molecule has 207 valence electrons. The van der Waals surface area contributed by atoms with Crippen LogP contribution in [0, 0.1) is 0 Å². The monoisotopic (exact) mass is 721 g/mol. The standard InChI is InChI=1S/C19H22N2O2.2C6H5.2ClH.O.Sn.V/c1-13(21-15(3)17-9-5-7-11-19(17)23)12-20-14(2)16-8-4-6-10-18(16)22;2*1-2-4-6-5-3-1;;;;;/h4-11,13,22-23H,12H2,1-3H3;2*1-5H;2*1H;;;/q;;;;;;+2;/p-2. The van der Waals surface area contributed by atoms with Crippen LogP contribution in [0.2, 0.25) is 0 Å². The first kappa shape index (κ1) is 33.8. The predicted molar refractivity (Wildman–Crippen MR) is 165 cm³/mol. The van der Waals surface area contributed by atoms with Gasteiger partial charge in [-0.05, 0) is 45.0 Å². The van der Waals surface area contributed by atoms with E-state index in [1.165, 1.54) is 0 Å². The molecule has 1 atom stereocenters. The Hall–Kier alpha value is -2.42. The number of phenolic OH excluding ortho intramolecular Hbond substituents is 2. The van der Waals surface area contributed by atoms with Gasteiger partial charge in [0.25, 0.3) is 0 Å². The van der Waals surface area contributed by atoms with Crippen molar-refractivity contribution in [1.82, 2.24) is 0 Å². The molecule has 0 aromatic heterocycles. The zero-order valence-electron chi connectivity index (χ0n) is 22.6. The van der Waals surface area contributed by atoms with Crippen LogP contribution < -0.4 is 7.16 Å². The Morgan fingerprint density at radius 2 is 1.07 bits per heavy atom. The Bertz CT molecular complexity index is 1360. The number of nitrogens with zero attached hydrogens (tertiary/aromatic N) is 2. The summed E-state index contributed by atoms with van der Waals surface area (Å²) < 4.78 is 10.4. The van der Waals surface area contributed by atoms with E-state index in [1.807, 2.05) is 106 Å². The fourth-order valence-corrected chi connectivity index (χ4v) is 11.6. The summed E-state index contributed by atoms with van der Waals surface area (Å²) in [6.45, 7) is 6.25. The van der Waals surface area contributed by atoms with Crippen LogP contribution in [-0.4, -0.2) is 50.3 Å². The molecule has 0 aliphatic heterocycles. The summed E-state index contributed by atoms with van der Waals surface area (Å²) in [5, 5.41) is 19.7. The fraction of sp³-hybridized carbons (Fsp3) is 0.161. The van der Waals surface area contributed by atoms with Gasteiger partial charge in [0.05, 0.1) is 12.6 Å². The Balaban J connectivity index is 0.000000284. The van der Waals surface area contributed by atoms with Crippen LogP contribution in [-0.2, 0) is 21.0 Å². The quantitative estimate of drug-likeness (QED) is 0.171. The zero-order chi connectivity index (χ0) is 29.5. The molecule has 4 aromatic rings. The third-order valence-corrected chi connectivity index (χ3v) is 17.8. The van der Waals surface area contributed by atoms with Gasteiger partial charge in [-0.15, -0.1) is 0 Å². The molecule has 0 aliphatic carbocycles. The molecule has 4 rings (SSSR count). The first-order valence-electron chi connectivity index (χ1n) is 12.5. The molecular weight excluding hydrogens is 689 g/mol. The van der Waals surface area contributed by atoms with Gasteiger partial charge in [-0.3, -0.25) is 9.98 Å². The first-order chi connectivity index (χ1) is 19.2. The second kappa shape index (κ2) is 17.4. The summed E-state index contributed by atoms with van der Waals surface area (Å²) in [5.74, 6) is 0.463. The van der Waals surface area contributed by atoms with Crippen LogP contribution in [0.1, 0.15) is 31.9 Å². The van der Waals surface area contributed by atoms with E-state index in [-0.39, 0.29) is 17.5 Å². The van der Waals surface area contributed by atoms with Crippen molar-refractivity contribution < 1.29 is 31.3 Å². The summed E-state index contributed by atoms with van der Waals surface area (Å²) in [5.41, 5.74) is 3.04. The van der Waals surface area contributed by atoms with Crippen LogP contribution >= 0.6 is 17.8 Å². The van der Waals surface area contributed by atoms with E-state index < -0.39 is 16.1 Å². The normalized spacial score (nSPS) is 12.3. The fourth-order valence-electron chi connectivity index (χ4n) is 3.82. The van der Waals surface area contributed by atoms with Crippen LogP contribution in [0.3, 0.4) is 0 Å². The number of hydrogen-bond acceptors (Lipinski definition) is 5. The van der Waals surface area contributed by atoms with Crippen molar-refractivity contribution in [2.24, 2.45) is 9.98 Å². The molecule has 0 radical (unpaired) electrons. The number of rotatable bonds is 7. The van der Waals surface area contributed by atoms with Crippen molar-refractivity contribution in [3.8, 4) is 11.5 Å². The van der Waals surface area contributed by atoms with Gasteiger partial charge in [0, 0.05) is 22.6 Å². The molecule has 0 fully saturated rings. The molecule has 1 unspecified atom stereocenters. The number of aromatic hydroxyl groups is 2. The van der Waals surface area contributed by atoms with Crippen molar-refractivity contribution in [1.29, 1.82) is 0 Å². The van der Waals surface area contributed by atoms with E-state index in [2.05, 4.69) is 9.98 Å². The van der Waals surface area contributed by atoms with Crippen molar-refractivity contribution in [3.63, 3.8) is 0 Å². The third kappa shape index (κ3) is 10.2. The molecule has 0 saturated heterocycles. The minimum atomic E-state index is -3.30. The summed E-state index contributed by atoms with van der Waals surface area (Å²) in [6, 6.07) is 34.2. The summed E-state index contributed by atoms with van der Waals surface area (Å²) in [4.78, 5) is 9.09. The van der Waals surface area contributed by atoms with Gasteiger partial charge in [0.15, 0.2) is 0 Å². The number of benzene rings is 4. The molecule has 0 amide bonds. The molecule has 0 bridgehead atoms. The van der Waals surface area contributed by atoms with Gasteiger partial charge >= 0.3 is 123 Å². The number of para-hydroxylation sites is 2. The molecular formula is C31H32Cl2N2O3SnV. The summed E-state index contributed by atoms with van der Waals surface area (Å²) in [7, 11) is 13.1. The van der Waals surface area contributed by atoms with Crippen molar-refractivity contribution in [2.45, 2.75) is 26.8 Å². The second-order valence-corrected chi connectivity index (χ2v) is 24.3. The molecule has 9 heteroatoms. The minimum absolute atomic E-state index is 0.0181. The Kier molecular flexibility index (Phi) is 14.7. The number of halogens is 2. The average Bonchev–Trinajstić information content (AvgIpc) is 2.98. The van der Waals surface area contributed by atoms with Crippen molar-refractivity contribution >= 4 is 52.5 Å². The molecule has 40 heavy (non-hydrogen) atoms. The van der Waals surface area contributed by atoms with Crippen molar-refractivity contribution in [2.75, 3.05) is 6.54 Å². The molecule has 0 heterocycles. The molecule has 5 nitrogen and oxygen atoms in total. The van der Waals surface area contributed by atoms with Crippen LogP contribution in [0.15, 0.2) is 119 Å². The van der Waals surface area contributed by atoms with Crippen molar-refractivity contribution in [3.05, 3.63) is 120 Å². The van der Waals surface area contributed by atoms with Crippen LogP contribution in [0.25, 0.3) is 0 Å². The van der Waals surface area contributed by atoms with Crippen LogP contribution in [0.5, 0.6) is 11.5 Å². The van der Waals surface area contributed by atoms with Gasteiger partial charge in [-0.2, -0.15) is 0 Å². The van der Waals surface area contributed by atoms with Gasteiger partial charge < -0.3 is 10.2 Å². The number of phenols is 2. The maximum absolute atomic E-state index is 9.85. The first-order valence-corrected chi connectivity index (χ1v) is 23.1. The Morgan fingerprint density at radius 1 is 0.700 bits per heavy atom. The average molecular weight is 721 g/mol. The zero-order valence-corrected chi connectivity index (χ0v) is 28.3. The summed E-state index contributed by atoms with van der Waals surface area (Å²) >= 11 is -2.24. The number of hydrogen-bond donors (Lipinski definition) is 2. The van der Waals surface area contributed by atoms with Gasteiger partial charge in [-0.25, -0.2) is 0 Å². The van der Waals surface area contributed by atoms with E-state index >= 15 is 0 Å².